The molecule has 3 aromatic rings. The van der Waals surface area contributed by atoms with E-state index in [0.717, 1.165) is 88.7 Å². The molecule has 0 atom stereocenters. The van der Waals surface area contributed by atoms with E-state index in [2.05, 4.69) is 34.2 Å². The number of esters is 2. The molecule has 17 nitrogen and oxygen atoms in total. The average Bonchev–Trinajstić information content (AvgIpc) is 4.19. The number of carboxylic acids is 1. The van der Waals surface area contributed by atoms with Gasteiger partial charge in [-0.1, -0.05) is 19.3 Å². The van der Waals surface area contributed by atoms with Crippen molar-refractivity contribution < 1.29 is 61.8 Å². The van der Waals surface area contributed by atoms with E-state index in [4.69, 9.17) is 33.5 Å². The Bertz CT molecular complexity index is 1820. The Kier molecular flexibility index (Phi) is 18.8. The van der Waals surface area contributed by atoms with Gasteiger partial charge in [-0.3, -0.25) is 0 Å². The predicted octanol–water partition coefficient (Wildman–Crippen LogP) is 5.77. The van der Waals surface area contributed by atoms with E-state index in [0.29, 0.717) is 49.9 Å². The Morgan fingerprint density at radius 1 is 0.540 bits per heavy atom. The van der Waals surface area contributed by atoms with Gasteiger partial charge in [0.1, 0.15) is 22.9 Å². The van der Waals surface area contributed by atoms with Crippen LogP contribution in [0.25, 0.3) is 0 Å². The topological polar surface area (TPSA) is 190 Å². The molecule has 0 radical (unpaired) electrons. The van der Waals surface area contributed by atoms with E-state index in [1.807, 2.05) is 12.1 Å². The molecule has 1 saturated carbocycles. The molecule has 0 amide bonds. The Balaban J connectivity index is 0.000000146. The Hall–Kier alpha value is -4.85. The molecule has 5 aliphatic heterocycles. The number of rotatable bonds is 8. The first-order valence-corrected chi connectivity index (χ1v) is 21.9. The molecular weight excluding hydrogens is 822 g/mol. The number of aromatic nitrogens is 3. The zero-order valence-electron chi connectivity index (χ0n) is 36.1. The molecule has 1 aliphatic carbocycles. The van der Waals surface area contributed by atoms with Gasteiger partial charge in [0.2, 0.25) is 0 Å². The van der Waals surface area contributed by atoms with Crippen LogP contribution < -0.4 is 9.80 Å². The van der Waals surface area contributed by atoms with Gasteiger partial charge >= 0.3 is 17.9 Å². The molecule has 344 valence electrons. The van der Waals surface area contributed by atoms with Crippen molar-refractivity contribution in [2.75, 3.05) is 89.8 Å². The third-order valence-electron chi connectivity index (χ3n) is 11.8. The van der Waals surface area contributed by atoms with Crippen molar-refractivity contribution in [1.29, 1.82) is 0 Å². The van der Waals surface area contributed by atoms with Crippen molar-refractivity contribution >= 4 is 29.3 Å². The largest absolute Gasteiger partial charge is 0.477 e. The maximum Gasteiger partial charge on any atom is 0.356 e. The lowest BCUT2D eigenvalue weighted by atomic mass is 9.89. The van der Waals surface area contributed by atoms with Gasteiger partial charge in [0.25, 0.3) is 0 Å². The zero-order valence-corrected chi connectivity index (χ0v) is 36.1. The van der Waals surface area contributed by atoms with E-state index in [9.17, 15) is 18.8 Å². The van der Waals surface area contributed by atoms with E-state index in [-0.39, 0.29) is 30.3 Å². The predicted molar refractivity (Wildman–Crippen MR) is 226 cm³/mol. The molecule has 1 N–H and O–H groups in total. The van der Waals surface area contributed by atoms with Crippen LogP contribution in [0.2, 0.25) is 0 Å². The third-order valence-corrected chi connectivity index (χ3v) is 11.8. The Morgan fingerprint density at radius 2 is 0.905 bits per heavy atom. The molecule has 0 aromatic carbocycles. The molecule has 9 rings (SSSR count). The number of aromatic carboxylic acids is 1. The van der Waals surface area contributed by atoms with Crippen LogP contribution in [0, 0.1) is 23.6 Å². The number of hydrogen-bond donors (Lipinski definition) is 1. The van der Waals surface area contributed by atoms with Crippen molar-refractivity contribution in [1.82, 2.24) is 15.0 Å². The lowest BCUT2D eigenvalue weighted by Gasteiger charge is -2.35. The summed E-state index contributed by atoms with van der Waals surface area (Å²) in [7, 11) is 2.60. The van der Waals surface area contributed by atoms with E-state index in [1.165, 1.54) is 52.4 Å². The smallest absolute Gasteiger partial charge is 0.356 e. The van der Waals surface area contributed by atoms with Crippen molar-refractivity contribution in [2.45, 2.75) is 76.7 Å². The average molecular weight is 882 g/mol. The molecule has 0 spiro atoms. The molecule has 8 heterocycles. The molecule has 0 unspecified atom stereocenters. The van der Waals surface area contributed by atoms with Crippen LogP contribution in [0.15, 0.2) is 55.0 Å². The van der Waals surface area contributed by atoms with Gasteiger partial charge in [0.15, 0.2) is 18.9 Å². The second kappa shape index (κ2) is 24.9. The summed E-state index contributed by atoms with van der Waals surface area (Å²) in [6.45, 7) is 8.18. The Labute approximate surface area is 367 Å². The van der Waals surface area contributed by atoms with Crippen LogP contribution in [0.1, 0.15) is 89.3 Å². The highest BCUT2D eigenvalue weighted by Crippen LogP contribution is 2.31. The van der Waals surface area contributed by atoms with E-state index in [1.54, 1.807) is 24.5 Å². The van der Waals surface area contributed by atoms with Crippen LogP contribution in [-0.2, 0) is 37.9 Å². The highest BCUT2D eigenvalue weighted by Gasteiger charge is 2.32. The maximum atomic E-state index is 12.2. The number of halogens is 1. The summed E-state index contributed by atoms with van der Waals surface area (Å²) in [5.41, 5.74) is 2.53. The standard InChI is InChI=1S/C15H20N2O4.C14H18N2O4.C9H16O2.C7H6FNO2/c1-19-14(18)13-3-2-12(10-16-13)17-6-4-11(5-7-17)15-20-8-9-21-15;17-13(18)12-2-1-11(9-15-12)16-5-3-10(4-6-16)14-19-7-8-20-14;1-2-4-8(5-3-1)9-10-6-7-11-9;1-11-7(10)6-3-2-5(8)4-9-6/h2-3,10-11,15H,4-9H2,1H3;1-2,9-10,14H,3-8H2,(H,17,18);8-9H,1-7H2;2-4H,1H3. The van der Waals surface area contributed by atoms with Crippen LogP contribution in [-0.4, -0.2) is 137 Å². The second-order valence-corrected chi connectivity index (χ2v) is 15.8. The van der Waals surface area contributed by atoms with Crippen molar-refractivity contribution in [3.63, 3.8) is 0 Å². The molecule has 6 aliphatic rings. The molecule has 3 aromatic heterocycles. The first-order chi connectivity index (χ1) is 30.7. The summed E-state index contributed by atoms with van der Waals surface area (Å²) in [6, 6.07) is 9.41. The number of methoxy groups -OCH3 is 2. The summed E-state index contributed by atoms with van der Waals surface area (Å²) in [5, 5.41) is 8.84. The number of carbonyl (C=O) groups is 3. The van der Waals surface area contributed by atoms with Gasteiger partial charge in [0, 0.05) is 43.9 Å². The minimum absolute atomic E-state index is 0.0213. The normalized spacial score (nSPS) is 20.4. The van der Waals surface area contributed by atoms with Gasteiger partial charge in [-0.15, -0.1) is 0 Å². The van der Waals surface area contributed by atoms with E-state index >= 15 is 0 Å². The summed E-state index contributed by atoms with van der Waals surface area (Å²) in [6.07, 6.45) is 15.3. The fourth-order valence-corrected chi connectivity index (χ4v) is 8.31. The van der Waals surface area contributed by atoms with Gasteiger partial charge < -0.3 is 52.8 Å². The van der Waals surface area contributed by atoms with Crippen molar-refractivity contribution in [3.05, 3.63) is 77.9 Å². The first kappa shape index (κ1) is 47.6. The summed E-state index contributed by atoms with van der Waals surface area (Å²) in [5.74, 6) is -0.804. The molecule has 5 saturated heterocycles. The number of carboxylic acid groups (broad SMARTS) is 1. The number of pyridine rings is 3. The molecule has 0 bridgehead atoms. The van der Waals surface area contributed by atoms with Gasteiger partial charge in [-0.05, 0) is 74.9 Å². The molecule has 63 heavy (non-hydrogen) atoms. The van der Waals surface area contributed by atoms with Crippen LogP contribution in [0.3, 0.4) is 0 Å². The van der Waals surface area contributed by atoms with Crippen LogP contribution in [0.5, 0.6) is 0 Å². The monoisotopic (exact) mass is 881 g/mol. The van der Waals surface area contributed by atoms with E-state index < -0.39 is 23.7 Å². The van der Waals surface area contributed by atoms with Gasteiger partial charge in [-0.2, -0.15) is 0 Å². The third kappa shape index (κ3) is 14.3. The minimum atomic E-state index is -0.995. The quantitative estimate of drug-likeness (QED) is 0.268. The first-order valence-electron chi connectivity index (χ1n) is 21.9. The van der Waals surface area contributed by atoms with Crippen LogP contribution >= 0.6 is 0 Å². The SMILES string of the molecule is C1CCC(C2OCCO2)CC1.COC(=O)c1ccc(F)cn1.COC(=O)c1ccc(N2CCC(C3OCCO3)CC2)cn1.O=C(O)c1ccc(N2CCC(C3OCCO3)CC2)cn1. The maximum absolute atomic E-state index is 12.2. The number of hydrogen-bond acceptors (Lipinski definition) is 16. The number of piperidine rings is 2. The summed E-state index contributed by atoms with van der Waals surface area (Å²) in [4.78, 5) is 49.0. The zero-order chi connectivity index (χ0) is 44.4. The molecule has 6 fully saturated rings. The van der Waals surface area contributed by atoms with Crippen molar-refractivity contribution in [2.24, 2.45) is 17.8 Å². The van der Waals surface area contributed by atoms with Gasteiger partial charge in [0.05, 0.1) is 83.8 Å². The summed E-state index contributed by atoms with van der Waals surface area (Å²) >= 11 is 0. The number of anilines is 2. The highest BCUT2D eigenvalue weighted by molar-refractivity contribution is 5.87. The molecule has 18 heteroatoms. The highest BCUT2D eigenvalue weighted by atomic mass is 19.1. The lowest BCUT2D eigenvalue weighted by molar-refractivity contribution is -0.0920. The number of nitrogens with zero attached hydrogens (tertiary/aromatic N) is 5. The fraction of sp³-hybridized carbons (Fsp3) is 0.600. The second-order valence-electron chi connectivity index (χ2n) is 15.8. The fourth-order valence-electron chi connectivity index (χ4n) is 8.31. The number of carbonyl (C=O) groups excluding carboxylic acids is 2. The van der Waals surface area contributed by atoms with Crippen LogP contribution in [0.4, 0.5) is 15.8 Å². The minimum Gasteiger partial charge on any atom is -0.477 e. The molecular formula is C45H60FN5O12. The lowest BCUT2D eigenvalue weighted by Crippen LogP contribution is -2.38. The summed E-state index contributed by atoms with van der Waals surface area (Å²) < 4.78 is 54.5. The van der Waals surface area contributed by atoms with Gasteiger partial charge in [-0.25, -0.2) is 33.7 Å². The van der Waals surface area contributed by atoms with Crippen molar-refractivity contribution in [3.8, 4) is 0 Å². The number of ether oxygens (including phenoxy) is 8. The Morgan fingerprint density at radius 3 is 1.24 bits per heavy atom.